The molecular formula is C24H19ClN4O2S. The first-order chi connectivity index (χ1) is 15.6. The fraction of sp³-hybridized carbons (Fsp3) is 0.0833. The molecule has 6 nitrogen and oxygen atoms in total. The summed E-state index contributed by atoms with van der Waals surface area (Å²) in [4.78, 5) is 17.2. The lowest BCUT2D eigenvalue weighted by molar-refractivity contribution is -0.113. The minimum Gasteiger partial charge on any atom is -0.495 e. The Morgan fingerprint density at radius 3 is 2.25 bits per heavy atom. The molecule has 32 heavy (non-hydrogen) atoms. The number of carbonyl (C=O) groups excluding carboxylic acids is 1. The Labute approximate surface area is 195 Å². The summed E-state index contributed by atoms with van der Waals surface area (Å²) in [6.07, 6.45) is 0. The monoisotopic (exact) mass is 462 g/mol. The number of methoxy groups -OCH3 is 1. The second-order valence-corrected chi connectivity index (χ2v) is 8.08. The summed E-state index contributed by atoms with van der Waals surface area (Å²) in [6, 6.07) is 24.6. The molecule has 1 heterocycles. The Kier molecular flexibility index (Phi) is 6.99. The van der Waals surface area contributed by atoms with Crippen LogP contribution >= 0.6 is 23.4 Å². The van der Waals surface area contributed by atoms with Crippen molar-refractivity contribution in [3.63, 3.8) is 0 Å². The third kappa shape index (κ3) is 5.25. The maximum atomic E-state index is 12.5. The van der Waals surface area contributed by atoms with Gasteiger partial charge in [-0.05, 0) is 18.2 Å². The van der Waals surface area contributed by atoms with Crippen LogP contribution in [0.4, 0.5) is 5.69 Å². The van der Waals surface area contributed by atoms with E-state index in [-0.39, 0.29) is 11.7 Å². The van der Waals surface area contributed by atoms with Crippen LogP contribution in [-0.4, -0.2) is 34.0 Å². The largest absolute Gasteiger partial charge is 0.495 e. The van der Waals surface area contributed by atoms with Crippen molar-refractivity contribution in [1.82, 2.24) is 15.2 Å². The van der Waals surface area contributed by atoms with E-state index >= 15 is 0 Å². The average molecular weight is 463 g/mol. The van der Waals surface area contributed by atoms with Crippen LogP contribution in [0.2, 0.25) is 5.02 Å². The summed E-state index contributed by atoms with van der Waals surface area (Å²) >= 11 is 7.24. The summed E-state index contributed by atoms with van der Waals surface area (Å²) in [5, 5.41) is 12.4. The SMILES string of the molecule is COc1ccc(Cl)cc1NC(=O)CSc1nnc(-c2ccccc2)c(-c2ccccc2)n1. The maximum absolute atomic E-state index is 12.5. The predicted molar refractivity (Wildman–Crippen MR) is 128 cm³/mol. The van der Waals surface area contributed by atoms with Crippen LogP contribution in [0.5, 0.6) is 5.75 Å². The lowest BCUT2D eigenvalue weighted by atomic mass is 10.0. The quantitative estimate of drug-likeness (QED) is 0.360. The van der Waals surface area contributed by atoms with Gasteiger partial charge in [0, 0.05) is 16.1 Å². The van der Waals surface area contributed by atoms with Crippen molar-refractivity contribution in [2.75, 3.05) is 18.2 Å². The number of hydrogen-bond acceptors (Lipinski definition) is 6. The average Bonchev–Trinajstić information content (AvgIpc) is 2.84. The van der Waals surface area contributed by atoms with E-state index in [1.165, 1.54) is 18.9 Å². The van der Waals surface area contributed by atoms with E-state index in [9.17, 15) is 4.79 Å². The van der Waals surface area contributed by atoms with Gasteiger partial charge in [0.1, 0.15) is 17.1 Å². The lowest BCUT2D eigenvalue weighted by Gasteiger charge is -2.11. The number of hydrogen-bond donors (Lipinski definition) is 1. The van der Waals surface area contributed by atoms with Gasteiger partial charge in [0.15, 0.2) is 0 Å². The van der Waals surface area contributed by atoms with E-state index in [0.29, 0.717) is 33.0 Å². The molecule has 1 aromatic heterocycles. The van der Waals surface area contributed by atoms with Gasteiger partial charge >= 0.3 is 0 Å². The van der Waals surface area contributed by atoms with E-state index in [0.717, 1.165) is 11.1 Å². The second kappa shape index (κ2) is 10.3. The third-order valence-electron chi connectivity index (χ3n) is 4.53. The Morgan fingerprint density at radius 2 is 1.59 bits per heavy atom. The van der Waals surface area contributed by atoms with E-state index in [1.54, 1.807) is 18.2 Å². The molecule has 0 radical (unpaired) electrons. The molecule has 1 N–H and O–H groups in total. The molecule has 0 fully saturated rings. The fourth-order valence-electron chi connectivity index (χ4n) is 3.05. The number of halogens is 1. The molecule has 0 saturated heterocycles. The number of rotatable bonds is 7. The molecule has 0 unspecified atom stereocenters. The van der Waals surface area contributed by atoms with Crippen LogP contribution < -0.4 is 10.1 Å². The third-order valence-corrected chi connectivity index (χ3v) is 5.60. The Morgan fingerprint density at radius 1 is 0.938 bits per heavy atom. The van der Waals surface area contributed by atoms with Gasteiger partial charge in [-0.15, -0.1) is 10.2 Å². The molecule has 1 amide bonds. The van der Waals surface area contributed by atoms with Crippen LogP contribution in [0.3, 0.4) is 0 Å². The number of nitrogens with zero attached hydrogens (tertiary/aromatic N) is 3. The van der Waals surface area contributed by atoms with Crippen LogP contribution in [0.25, 0.3) is 22.5 Å². The van der Waals surface area contributed by atoms with Crippen molar-refractivity contribution in [2.45, 2.75) is 5.16 Å². The van der Waals surface area contributed by atoms with Crippen molar-refractivity contribution in [3.8, 4) is 28.3 Å². The highest BCUT2D eigenvalue weighted by Crippen LogP contribution is 2.30. The number of thioether (sulfide) groups is 1. The maximum Gasteiger partial charge on any atom is 0.234 e. The number of aromatic nitrogens is 3. The van der Waals surface area contributed by atoms with E-state index in [1.807, 2.05) is 60.7 Å². The molecule has 0 atom stereocenters. The zero-order chi connectivity index (χ0) is 22.3. The second-order valence-electron chi connectivity index (χ2n) is 6.71. The zero-order valence-corrected chi connectivity index (χ0v) is 18.7. The molecule has 0 saturated carbocycles. The van der Waals surface area contributed by atoms with Gasteiger partial charge in [-0.3, -0.25) is 4.79 Å². The van der Waals surface area contributed by atoms with Gasteiger partial charge in [0.25, 0.3) is 0 Å². The van der Waals surface area contributed by atoms with Gasteiger partial charge in [0.2, 0.25) is 11.1 Å². The highest BCUT2D eigenvalue weighted by Gasteiger charge is 2.15. The lowest BCUT2D eigenvalue weighted by Crippen LogP contribution is -2.15. The van der Waals surface area contributed by atoms with Crippen molar-refractivity contribution < 1.29 is 9.53 Å². The molecule has 4 rings (SSSR count). The Bertz CT molecular complexity index is 1220. The van der Waals surface area contributed by atoms with E-state index in [2.05, 4.69) is 15.5 Å². The number of amides is 1. The zero-order valence-electron chi connectivity index (χ0n) is 17.2. The number of benzene rings is 3. The fourth-order valence-corrected chi connectivity index (χ4v) is 3.81. The van der Waals surface area contributed by atoms with Crippen molar-refractivity contribution in [1.29, 1.82) is 0 Å². The number of carbonyl (C=O) groups is 1. The van der Waals surface area contributed by atoms with E-state index < -0.39 is 0 Å². The smallest absolute Gasteiger partial charge is 0.234 e. The van der Waals surface area contributed by atoms with Gasteiger partial charge in [-0.25, -0.2) is 4.98 Å². The van der Waals surface area contributed by atoms with Gasteiger partial charge in [-0.1, -0.05) is 84.0 Å². The highest BCUT2D eigenvalue weighted by atomic mass is 35.5. The summed E-state index contributed by atoms with van der Waals surface area (Å²) in [5.41, 5.74) is 3.76. The summed E-state index contributed by atoms with van der Waals surface area (Å²) in [6.45, 7) is 0. The Hall–Kier alpha value is -3.42. The molecular weight excluding hydrogens is 444 g/mol. The summed E-state index contributed by atoms with van der Waals surface area (Å²) < 4.78 is 5.27. The summed E-state index contributed by atoms with van der Waals surface area (Å²) in [5.74, 6) is 0.410. The first-order valence-electron chi connectivity index (χ1n) is 9.76. The molecule has 0 bridgehead atoms. The van der Waals surface area contributed by atoms with Gasteiger partial charge < -0.3 is 10.1 Å². The first kappa shape index (κ1) is 21.8. The molecule has 160 valence electrons. The number of anilines is 1. The van der Waals surface area contributed by atoms with Crippen LogP contribution in [-0.2, 0) is 4.79 Å². The molecule has 0 spiro atoms. The van der Waals surface area contributed by atoms with Crippen LogP contribution in [0.1, 0.15) is 0 Å². The molecule has 0 aliphatic carbocycles. The number of nitrogens with one attached hydrogen (secondary N) is 1. The van der Waals surface area contributed by atoms with Crippen LogP contribution in [0, 0.1) is 0 Å². The summed E-state index contributed by atoms with van der Waals surface area (Å²) in [7, 11) is 1.53. The normalized spacial score (nSPS) is 10.6. The molecule has 3 aromatic carbocycles. The molecule has 4 aromatic rings. The molecule has 0 aliphatic rings. The highest BCUT2D eigenvalue weighted by molar-refractivity contribution is 7.99. The predicted octanol–water partition coefficient (Wildman–Crippen LogP) is 5.60. The molecule has 0 aliphatic heterocycles. The standard InChI is InChI=1S/C24H19ClN4O2S/c1-31-20-13-12-18(25)14-19(20)26-21(30)15-32-24-27-22(16-8-4-2-5-9-16)23(28-29-24)17-10-6-3-7-11-17/h2-14H,15H2,1H3,(H,26,30). The van der Waals surface area contributed by atoms with Gasteiger partial charge in [0.05, 0.1) is 18.6 Å². The Balaban J connectivity index is 1.55. The van der Waals surface area contributed by atoms with Crippen LogP contribution in [0.15, 0.2) is 84.0 Å². The van der Waals surface area contributed by atoms with Gasteiger partial charge in [-0.2, -0.15) is 0 Å². The minimum atomic E-state index is -0.229. The van der Waals surface area contributed by atoms with Crippen molar-refractivity contribution >= 4 is 35.0 Å². The van der Waals surface area contributed by atoms with Crippen molar-refractivity contribution in [2.24, 2.45) is 0 Å². The molecule has 8 heteroatoms. The first-order valence-corrected chi connectivity index (χ1v) is 11.1. The van der Waals surface area contributed by atoms with E-state index in [4.69, 9.17) is 21.3 Å². The number of ether oxygens (including phenoxy) is 1. The minimum absolute atomic E-state index is 0.107. The topological polar surface area (TPSA) is 77.0 Å². The van der Waals surface area contributed by atoms with Crippen molar-refractivity contribution in [3.05, 3.63) is 83.9 Å².